The molecule has 0 bridgehead atoms. The highest BCUT2D eigenvalue weighted by molar-refractivity contribution is 7.91. The molecule has 172 valence electrons. The first-order valence-electron chi connectivity index (χ1n) is 10.8. The molecule has 7 nitrogen and oxygen atoms in total. The van der Waals surface area contributed by atoms with Crippen LogP contribution >= 0.6 is 12.2 Å². The first kappa shape index (κ1) is 22.9. The molecule has 3 aromatic rings. The van der Waals surface area contributed by atoms with E-state index in [0.717, 1.165) is 27.4 Å². The van der Waals surface area contributed by atoms with Crippen molar-refractivity contribution < 1.29 is 8.42 Å². The van der Waals surface area contributed by atoms with Crippen LogP contribution in [0.15, 0.2) is 30.6 Å². The molecular formula is C23H31N5O2S2. The SMILES string of the molecule is Cc1ccc(-n2ccn(CN(C)Cc3c(C)nn(C4CCS(=O)(=O)C4)c3C)c2=S)cc1C. The predicted octanol–water partition coefficient (Wildman–Crippen LogP) is 3.89. The monoisotopic (exact) mass is 473 g/mol. The van der Waals surface area contributed by atoms with Crippen LogP contribution in [-0.2, 0) is 23.1 Å². The molecule has 0 spiro atoms. The highest BCUT2D eigenvalue weighted by Crippen LogP contribution is 2.27. The molecule has 1 atom stereocenters. The summed E-state index contributed by atoms with van der Waals surface area (Å²) in [6.07, 6.45) is 4.66. The van der Waals surface area contributed by atoms with Crippen molar-refractivity contribution in [2.45, 2.75) is 53.4 Å². The first-order valence-corrected chi connectivity index (χ1v) is 13.1. The summed E-state index contributed by atoms with van der Waals surface area (Å²) in [6.45, 7) is 9.62. The first-order chi connectivity index (χ1) is 15.1. The van der Waals surface area contributed by atoms with Crippen molar-refractivity contribution in [1.29, 1.82) is 0 Å². The third-order valence-electron chi connectivity index (χ3n) is 6.47. The van der Waals surface area contributed by atoms with Crippen molar-refractivity contribution in [3.05, 3.63) is 63.4 Å². The van der Waals surface area contributed by atoms with Crippen molar-refractivity contribution in [3.63, 3.8) is 0 Å². The number of benzene rings is 1. The van der Waals surface area contributed by atoms with E-state index in [2.05, 4.69) is 53.7 Å². The minimum absolute atomic E-state index is 0.0571. The van der Waals surface area contributed by atoms with Crippen LogP contribution in [0, 0.1) is 32.5 Å². The van der Waals surface area contributed by atoms with Gasteiger partial charge in [-0.2, -0.15) is 5.10 Å². The van der Waals surface area contributed by atoms with Gasteiger partial charge in [-0.1, -0.05) is 6.07 Å². The molecular weight excluding hydrogens is 442 g/mol. The van der Waals surface area contributed by atoms with Gasteiger partial charge in [-0.15, -0.1) is 0 Å². The Kier molecular flexibility index (Phi) is 6.17. The average Bonchev–Trinajstić information content (AvgIpc) is 3.35. The lowest BCUT2D eigenvalue weighted by molar-refractivity contribution is 0.257. The molecule has 32 heavy (non-hydrogen) atoms. The number of hydrogen-bond acceptors (Lipinski definition) is 5. The maximum absolute atomic E-state index is 11.9. The van der Waals surface area contributed by atoms with E-state index in [1.807, 2.05) is 35.5 Å². The van der Waals surface area contributed by atoms with E-state index in [-0.39, 0.29) is 17.5 Å². The molecule has 4 rings (SSSR count). The number of hydrogen-bond donors (Lipinski definition) is 0. The van der Waals surface area contributed by atoms with Gasteiger partial charge in [0.05, 0.1) is 29.9 Å². The molecule has 0 aliphatic carbocycles. The summed E-state index contributed by atoms with van der Waals surface area (Å²) in [6, 6.07) is 6.31. The van der Waals surface area contributed by atoms with Gasteiger partial charge in [0.15, 0.2) is 14.6 Å². The van der Waals surface area contributed by atoms with Gasteiger partial charge in [-0.05, 0) is 76.6 Å². The zero-order valence-corrected chi connectivity index (χ0v) is 21.0. The van der Waals surface area contributed by atoms with Gasteiger partial charge in [0.25, 0.3) is 0 Å². The van der Waals surface area contributed by atoms with E-state index in [9.17, 15) is 8.42 Å². The standard InChI is InChI=1S/C23H31N5O2S2/c1-16-6-7-20(12-17(16)2)27-10-9-26(23(27)31)15-25(5)13-22-18(3)24-28(19(22)4)21-8-11-32(29,30)14-21/h6-7,9-10,12,21H,8,11,13-15H2,1-5H3. The van der Waals surface area contributed by atoms with Crippen LogP contribution in [0.1, 0.15) is 40.5 Å². The van der Waals surface area contributed by atoms with Gasteiger partial charge >= 0.3 is 0 Å². The molecule has 1 unspecified atom stereocenters. The fourth-order valence-electron chi connectivity index (χ4n) is 4.42. The smallest absolute Gasteiger partial charge is 0.185 e. The second-order valence-corrected chi connectivity index (χ2v) is 11.6. The molecule has 3 heterocycles. The quantitative estimate of drug-likeness (QED) is 0.508. The summed E-state index contributed by atoms with van der Waals surface area (Å²) in [4.78, 5) is 2.20. The number of rotatable bonds is 6. The van der Waals surface area contributed by atoms with Gasteiger partial charge in [-0.3, -0.25) is 14.1 Å². The zero-order valence-electron chi connectivity index (χ0n) is 19.4. The summed E-state index contributed by atoms with van der Waals surface area (Å²) in [5.41, 5.74) is 6.73. The van der Waals surface area contributed by atoms with Crippen LogP contribution in [0.2, 0.25) is 0 Å². The van der Waals surface area contributed by atoms with Gasteiger partial charge in [-0.25, -0.2) is 8.42 Å². The Labute approximate surface area is 195 Å². The summed E-state index contributed by atoms with van der Waals surface area (Å²) >= 11 is 5.74. The van der Waals surface area contributed by atoms with Crippen LogP contribution in [0.3, 0.4) is 0 Å². The highest BCUT2D eigenvalue weighted by Gasteiger charge is 2.31. The van der Waals surface area contributed by atoms with Crippen LogP contribution in [0.4, 0.5) is 0 Å². The summed E-state index contributed by atoms with van der Waals surface area (Å²) < 4.78 is 30.6. The Morgan fingerprint density at radius 1 is 1.16 bits per heavy atom. The Morgan fingerprint density at radius 2 is 1.91 bits per heavy atom. The number of imidazole rings is 1. The molecule has 0 amide bonds. The van der Waals surface area contributed by atoms with Crippen molar-refractivity contribution in [3.8, 4) is 5.69 Å². The second kappa shape index (κ2) is 8.61. The van der Waals surface area contributed by atoms with Crippen LogP contribution < -0.4 is 0 Å². The summed E-state index contributed by atoms with van der Waals surface area (Å²) in [5, 5.41) is 4.69. The van der Waals surface area contributed by atoms with Gasteiger partial charge in [0, 0.05) is 35.9 Å². The minimum Gasteiger partial charge on any atom is -0.310 e. The molecule has 1 fully saturated rings. The molecule has 0 radical (unpaired) electrons. The molecule has 9 heteroatoms. The second-order valence-electron chi connectivity index (χ2n) is 9.00. The van der Waals surface area contributed by atoms with Crippen molar-refractivity contribution in [2.24, 2.45) is 0 Å². The third-order valence-corrected chi connectivity index (χ3v) is 8.65. The molecule has 0 N–H and O–H groups in total. The number of sulfone groups is 1. The normalized spacial score (nSPS) is 18.0. The van der Waals surface area contributed by atoms with E-state index >= 15 is 0 Å². The topological polar surface area (TPSA) is 65.1 Å². The lowest BCUT2D eigenvalue weighted by atomic mass is 10.1. The van der Waals surface area contributed by atoms with E-state index < -0.39 is 9.84 Å². The summed E-state index contributed by atoms with van der Waals surface area (Å²) in [7, 11) is -0.886. The summed E-state index contributed by atoms with van der Waals surface area (Å²) in [5.74, 6) is 0.437. The van der Waals surface area contributed by atoms with Crippen molar-refractivity contribution in [2.75, 3.05) is 18.6 Å². The molecule has 0 saturated carbocycles. The fourth-order valence-corrected chi connectivity index (χ4v) is 6.40. The number of aryl methyl sites for hydroxylation is 3. The van der Waals surface area contributed by atoms with Crippen LogP contribution in [0.5, 0.6) is 0 Å². The molecule has 1 aromatic carbocycles. The number of aromatic nitrogens is 4. The van der Waals surface area contributed by atoms with Gasteiger partial charge < -0.3 is 4.57 Å². The van der Waals surface area contributed by atoms with Gasteiger partial charge in [0.1, 0.15) is 0 Å². The maximum atomic E-state index is 11.9. The molecule has 1 aliphatic rings. The molecule has 1 saturated heterocycles. The lowest BCUT2D eigenvalue weighted by Crippen LogP contribution is -2.22. The Bertz CT molecular complexity index is 1320. The maximum Gasteiger partial charge on any atom is 0.185 e. The van der Waals surface area contributed by atoms with Crippen molar-refractivity contribution >= 4 is 22.1 Å². The van der Waals surface area contributed by atoms with Gasteiger partial charge in [0.2, 0.25) is 0 Å². The van der Waals surface area contributed by atoms with E-state index in [1.54, 1.807) is 0 Å². The van der Waals surface area contributed by atoms with E-state index in [1.165, 1.54) is 11.1 Å². The largest absolute Gasteiger partial charge is 0.310 e. The Balaban J connectivity index is 1.50. The van der Waals surface area contributed by atoms with E-state index in [0.29, 0.717) is 19.6 Å². The number of nitrogens with zero attached hydrogens (tertiary/aromatic N) is 5. The van der Waals surface area contributed by atoms with E-state index in [4.69, 9.17) is 12.2 Å². The third kappa shape index (κ3) is 4.46. The fraction of sp³-hybridized carbons (Fsp3) is 0.478. The average molecular weight is 474 g/mol. The van der Waals surface area contributed by atoms with Crippen molar-refractivity contribution in [1.82, 2.24) is 23.8 Å². The lowest BCUT2D eigenvalue weighted by Gasteiger charge is -2.18. The Hall–Kier alpha value is -2.23. The zero-order chi connectivity index (χ0) is 23.2. The highest BCUT2D eigenvalue weighted by atomic mass is 32.2. The molecule has 2 aromatic heterocycles. The predicted molar refractivity (Wildman–Crippen MR) is 130 cm³/mol. The van der Waals surface area contributed by atoms with Crippen LogP contribution in [0.25, 0.3) is 5.69 Å². The van der Waals surface area contributed by atoms with Crippen LogP contribution in [-0.4, -0.2) is 50.8 Å². The molecule has 1 aliphatic heterocycles. The minimum atomic E-state index is -2.95. The Morgan fingerprint density at radius 3 is 2.56 bits per heavy atom.